The fourth-order valence-corrected chi connectivity index (χ4v) is 1.90. The summed E-state index contributed by atoms with van der Waals surface area (Å²) in [5.41, 5.74) is 6.53. The molecule has 0 aliphatic heterocycles. The summed E-state index contributed by atoms with van der Waals surface area (Å²) in [6.07, 6.45) is 4.85. The summed E-state index contributed by atoms with van der Waals surface area (Å²) < 4.78 is 0. The van der Waals surface area contributed by atoms with Crippen LogP contribution in [0.5, 0.6) is 0 Å². The van der Waals surface area contributed by atoms with Crippen molar-refractivity contribution >= 4 is 5.91 Å². The molecule has 2 rings (SSSR count). The summed E-state index contributed by atoms with van der Waals surface area (Å²) in [7, 11) is 0. The van der Waals surface area contributed by atoms with Crippen molar-refractivity contribution in [2.75, 3.05) is 0 Å². The maximum Gasteiger partial charge on any atom is 0.265 e. The van der Waals surface area contributed by atoms with Crippen LogP contribution in [-0.2, 0) is 0 Å². The van der Waals surface area contributed by atoms with Crippen molar-refractivity contribution < 1.29 is 4.79 Å². The van der Waals surface area contributed by atoms with Gasteiger partial charge < -0.3 is 0 Å². The highest BCUT2D eigenvalue weighted by Gasteiger charge is 2.15. The highest BCUT2D eigenvalue weighted by atomic mass is 16.2. The molecule has 3 nitrogen and oxygen atoms in total. The largest absolute Gasteiger partial charge is 0.287 e. The first-order valence-corrected chi connectivity index (χ1v) is 5.47. The monoisotopic (exact) mass is 204 g/mol. The summed E-state index contributed by atoms with van der Waals surface area (Å²) in [5.74, 6) is -0.0532. The molecule has 0 spiro atoms. The molecular weight excluding hydrogens is 188 g/mol. The van der Waals surface area contributed by atoms with Crippen molar-refractivity contribution in [3.63, 3.8) is 0 Å². The Labute approximate surface area is 89.8 Å². The third-order valence-electron chi connectivity index (χ3n) is 2.78. The molecule has 0 atom stereocenters. The lowest BCUT2D eigenvalue weighted by molar-refractivity contribution is 0.0925. The van der Waals surface area contributed by atoms with E-state index in [-0.39, 0.29) is 5.91 Å². The summed E-state index contributed by atoms with van der Waals surface area (Å²) >= 11 is 0. The van der Waals surface area contributed by atoms with E-state index < -0.39 is 0 Å². The Bertz CT molecular complexity index is 318. The lowest BCUT2D eigenvalue weighted by Gasteiger charge is -2.12. The van der Waals surface area contributed by atoms with E-state index in [9.17, 15) is 4.79 Å². The fraction of sp³-hybridized carbons (Fsp3) is 0.417. The van der Waals surface area contributed by atoms with E-state index in [1.165, 1.54) is 12.8 Å². The Morgan fingerprint density at radius 1 is 1.13 bits per heavy atom. The number of carbonyl (C=O) groups is 1. The second kappa shape index (κ2) is 4.94. The zero-order valence-electron chi connectivity index (χ0n) is 8.70. The SMILES string of the molecule is O=C(NNC1CCCC1)c1ccccc1. The van der Waals surface area contributed by atoms with E-state index in [1.54, 1.807) is 0 Å². The topological polar surface area (TPSA) is 41.1 Å². The predicted molar refractivity (Wildman–Crippen MR) is 59.3 cm³/mol. The minimum atomic E-state index is -0.0532. The van der Waals surface area contributed by atoms with Crippen LogP contribution in [0.2, 0.25) is 0 Å². The molecule has 1 amide bonds. The van der Waals surface area contributed by atoms with Crippen molar-refractivity contribution in [2.24, 2.45) is 0 Å². The molecular formula is C12H16N2O. The molecule has 0 unspecified atom stereocenters. The highest BCUT2D eigenvalue weighted by Crippen LogP contribution is 2.16. The van der Waals surface area contributed by atoms with Gasteiger partial charge in [-0.05, 0) is 25.0 Å². The summed E-state index contributed by atoms with van der Waals surface area (Å²) in [4.78, 5) is 11.6. The molecule has 0 heterocycles. The Morgan fingerprint density at radius 3 is 2.47 bits per heavy atom. The van der Waals surface area contributed by atoms with Crippen LogP contribution in [0.3, 0.4) is 0 Å². The molecule has 15 heavy (non-hydrogen) atoms. The molecule has 0 aromatic heterocycles. The third kappa shape index (κ3) is 2.80. The van der Waals surface area contributed by atoms with Crippen LogP contribution in [0.25, 0.3) is 0 Å². The van der Waals surface area contributed by atoms with Crippen molar-refractivity contribution in [2.45, 2.75) is 31.7 Å². The Hall–Kier alpha value is -1.35. The van der Waals surface area contributed by atoms with Crippen LogP contribution in [0.15, 0.2) is 30.3 Å². The van der Waals surface area contributed by atoms with Gasteiger partial charge in [-0.1, -0.05) is 31.0 Å². The number of carbonyl (C=O) groups excluding carboxylic acids is 1. The highest BCUT2D eigenvalue weighted by molar-refractivity contribution is 5.93. The van der Waals surface area contributed by atoms with E-state index in [0.717, 1.165) is 12.8 Å². The molecule has 2 N–H and O–H groups in total. The van der Waals surface area contributed by atoms with Gasteiger partial charge in [-0.3, -0.25) is 10.2 Å². The molecule has 0 radical (unpaired) electrons. The van der Waals surface area contributed by atoms with Gasteiger partial charge in [-0.15, -0.1) is 0 Å². The number of benzene rings is 1. The predicted octanol–water partition coefficient (Wildman–Crippen LogP) is 1.86. The van der Waals surface area contributed by atoms with Crippen LogP contribution >= 0.6 is 0 Å². The van der Waals surface area contributed by atoms with Gasteiger partial charge in [-0.2, -0.15) is 0 Å². The van der Waals surface area contributed by atoms with Crippen LogP contribution in [0, 0.1) is 0 Å². The molecule has 0 saturated heterocycles. The lowest BCUT2D eigenvalue weighted by Crippen LogP contribution is -2.43. The van der Waals surface area contributed by atoms with Crippen molar-refractivity contribution in [3.8, 4) is 0 Å². The van der Waals surface area contributed by atoms with Crippen molar-refractivity contribution in [3.05, 3.63) is 35.9 Å². The first-order chi connectivity index (χ1) is 7.36. The Morgan fingerprint density at radius 2 is 1.80 bits per heavy atom. The van der Waals surface area contributed by atoms with Gasteiger partial charge in [0.25, 0.3) is 5.91 Å². The number of rotatable bonds is 3. The first kappa shape index (κ1) is 10.2. The van der Waals surface area contributed by atoms with E-state index in [2.05, 4.69) is 10.9 Å². The van der Waals surface area contributed by atoms with Gasteiger partial charge in [0, 0.05) is 11.6 Å². The summed E-state index contributed by atoms with van der Waals surface area (Å²) in [6, 6.07) is 9.71. The van der Waals surface area contributed by atoms with Crippen LogP contribution < -0.4 is 10.9 Å². The number of hydrogen-bond acceptors (Lipinski definition) is 2. The minimum absolute atomic E-state index is 0.0532. The molecule has 1 aliphatic rings. The zero-order chi connectivity index (χ0) is 10.5. The molecule has 1 saturated carbocycles. The van der Waals surface area contributed by atoms with Crippen LogP contribution in [-0.4, -0.2) is 11.9 Å². The Kier molecular flexibility index (Phi) is 3.35. The number of hydrazine groups is 1. The third-order valence-corrected chi connectivity index (χ3v) is 2.78. The van der Waals surface area contributed by atoms with E-state index in [0.29, 0.717) is 11.6 Å². The van der Waals surface area contributed by atoms with Gasteiger partial charge in [0.15, 0.2) is 0 Å². The standard InChI is InChI=1S/C12H16N2O/c15-12(10-6-2-1-3-7-10)14-13-11-8-4-5-9-11/h1-3,6-7,11,13H,4-5,8-9H2,(H,14,15). The average Bonchev–Trinajstić information content (AvgIpc) is 2.80. The van der Waals surface area contributed by atoms with E-state index >= 15 is 0 Å². The number of hydrogen-bond donors (Lipinski definition) is 2. The van der Waals surface area contributed by atoms with Crippen LogP contribution in [0.4, 0.5) is 0 Å². The van der Waals surface area contributed by atoms with Crippen molar-refractivity contribution in [1.29, 1.82) is 0 Å². The van der Waals surface area contributed by atoms with Crippen molar-refractivity contribution in [1.82, 2.24) is 10.9 Å². The van der Waals surface area contributed by atoms with E-state index in [1.807, 2.05) is 30.3 Å². The maximum absolute atomic E-state index is 11.6. The van der Waals surface area contributed by atoms with E-state index in [4.69, 9.17) is 0 Å². The van der Waals surface area contributed by atoms with Gasteiger partial charge in [0.05, 0.1) is 0 Å². The molecule has 3 heteroatoms. The smallest absolute Gasteiger partial charge is 0.265 e. The van der Waals surface area contributed by atoms with Gasteiger partial charge in [0.1, 0.15) is 0 Å². The Balaban J connectivity index is 1.82. The molecule has 1 fully saturated rings. The summed E-state index contributed by atoms with van der Waals surface area (Å²) in [6.45, 7) is 0. The minimum Gasteiger partial charge on any atom is -0.287 e. The average molecular weight is 204 g/mol. The quantitative estimate of drug-likeness (QED) is 0.738. The fourth-order valence-electron chi connectivity index (χ4n) is 1.90. The first-order valence-electron chi connectivity index (χ1n) is 5.47. The maximum atomic E-state index is 11.6. The molecule has 0 bridgehead atoms. The molecule has 1 aromatic rings. The van der Waals surface area contributed by atoms with Gasteiger partial charge in [-0.25, -0.2) is 5.43 Å². The molecule has 1 aliphatic carbocycles. The zero-order valence-corrected chi connectivity index (χ0v) is 8.70. The van der Waals surface area contributed by atoms with Crippen LogP contribution in [0.1, 0.15) is 36.0 Å². The second-order valence-corrected chi connectivity index (χ2v) is 3.95. The number of nitrogens with one attached hydrogen (secondary N) is 2. The lowest BCUT2D eigenvalue weighted by atomic mass is 10.2. The van der Waals surface area contributed by atoms with Gasteiger partial charge in [0.2, 0.25) is 0 Å². The summed E-state index contributed by atoms with van der Waals surface area (Å²) in [5, 5.41) is 0. The molecule has 80 valence electrons. The normalized spacial score (nSPS) is 16.5. The van der Waals surface area contributed by atoms with Gasteiger partial charge >= 0.3 is 0 Å². The second-order valence-electron chi connectivity index (χ2n) is 3.95. The molecule has 1 aromatic carbocycles. The number of amides is 1.